The van der Waals surface area contributed by atoms with E-state index in [1.807, 2.05) is 60.0 Å². The van der Waals surface area contributed by atoms with Gasteiger partial charge in [-0.3, -0.25) is 0 Å². The first-order valence-electron chi connectivity index (χ1n) is 6.53. The molecule has 1 aromatic heterocycles. The summed E-state index contributed by atoms with van der Waals surface area (Å²) in [6.45, 7) is 2.61. The van der Waals surface area contributed by atoms with Gasteiger partial charge in [0.25, 0.3) is 0 Å². The molecule has 20 heavy (non-hydrogen) atoms. The molecule has 2 aromatic carbocycles. The summed E-state index contributed by atoms with van der Waals surface area (Å²) in [5.41, 5.74) is 3.58. The van der Waals surface area contributed by atoms with Crippen LogP contribution in [-0.2, 0) is 6.54 Å². The van der Waals surface area contributed by atoms with Crippen molar-refractivity contribution in [1.82, 2.24) is 4.57 Å². The van der Waals surface area contributed by atoms with Crippen molar-refractivity contribution in [2.24, 2.45) is 0 Å². The third kappa shape index (κ3) is 2.07. The van der Waals surface area contributed by atoms with Crippen molar-refractivity contribution in [2.75, 3.05) is 0 Å². The van der Waals surface area contributed by atoms with Gasteiger partial charge in [0, 0.05) is 17.4 Å². The first-order chi connectivity index (χ1) is 9.66. The second-order valence-corrected chi connectivity index (χ2v) is 4.91. The van der Waals surface area contributed by atoms with E-state index in [4.69, 9.17) is 0 Å². The van der Waals surface area contributed by atoms with Gasteiger partial charge < -0.3 is 9.67 Å². The van der Waals surface area contributed by atoms with E-state index in [0.717, 1.165) is 16.5 Å². The molecule has 1 N–H and O–H groups in total. The van der Waals surface area contributed by atoms with Gasteiger partial charge in [-0.2, -0.15) is 0 Å². The molecule has 3 heteroatoms. The number of carbonyl (C=O) groups is 1. The minimum atomic E-state index is -0.894. The fraction of sp³-hybridized carbons (Fsp3) is 0.118. The Kier molecular flexibility index (Phi) is 3.03. The van der Waals surface area contributed by atoms with Gasteiger partial charge >= 0.3 is 5.97 Å². The molecule has 0 radical (unpaired) electrons. The molecule has 3 nitrogen and oxygen atoms in total. The van der Waals surface area contributed by atoms with Crippen molar-refractivity contribution in [1.29, 1.82) is 0 Å². The first-order valence-corrected chi connectivity index (χ1v) is 6.53. The lowest BCUT2D eigenvalue weighted by Crippen LogP contribution is -2.10. The van der Waals surface area contributed by atoms with Crippen molar-refractivity contribution in [2.45, 2.75) is 13.5 Å². The number of nitrogens with zero attached hydrogens (tertiary/aromatic N) is 1. The molecule has 0 aliphatic rings. The molecule has 0 unspecified atom stereocenters. The molecule has 3 aromatic rings. The predicted molar refractivity (Wildman–Crippen MR) is 79.2 cm³/mol. The molecular formula is C17H15NO2. The highest BCUT2D eigenvalue weighted by Crippen LogP contribution is 2.22. The highest BCUT2D eigenvalue weighted by Gasteiger charge is 2.14. The van der Waals surface area contributed by atoms with E-state index in [1.165, 1.54) is 5.56 Å². The Balaban J connectivity index is 2.17. The summed E-state index contributed by atoms with van der Waals surface area (Å²) in [7, 11) is 0. The molecule has 0 fully saturated rings. The maximum Gasteiger partial charge on any atom is 0.352 e. The summed E-state index contributed by atoms with van der Waals surface area (Å²) in [6.07, 6.45) is 0. The number of aromatic nitrogens is 1. The van der Waals surface area contributed by atoms with E-state index in [1.54, 1.807) is 6.07 Å². The van der Waals surface area contributed by atoms with Gasteiger partial charge in [0.2, 0.25) is 0 Å². The zero-order valence-corrected chi connectivity index (χ0v) is 11.2. The van der Waals surface area contributed by atoms with E-state index in [-0.39, 0.29) is 0 Å². The summed E-state index contributed by atoms with van der Waals surface area (Å²) in [5.74, 6) is -0.894. The second-order valence-electron chi connectivity index (χ2n) is 4.91. The smallest absolute Gasteiger partial charge is 0.352 e. The maximum atomic E-state index is 11.4. The van der Waals surface area contributed by atoms with Crippen molar-refractivity contribution in [3.63, 3.8) is 0 Å². The largest absolute Gasteiger partial charge is 0.477 e. The summed E-state index contributed by atoms with van der Waals surface area (Å²) >= 11 is 0. The van der Waals surface area contributed by atoms with Crippen molar-refractivity contribution in [3.8, 4) is 0 Å². The third-order valence-electron chi connectivity index (χ3n) is 3.62. The molecule has 0 aliphatic heterocycles. The van der Waals surface area contributed by atoms with Gasteiger partial charge in [-0.15, -0.1) is 0 Å². The molecule has 0 saturated carbocycles. The van der Waals surface area contributed by atoms with Crippen LogP contribution in [0.3, 0.4) is 0 Å². The van der Waals surface area contributed by atoms with Crippen LogP contribution >= 0.6 is 0 Å². The maximum absolute atomic E-state index is 11.4. The monoisotopic (exact) mass is 265 g/mol. The average molecular weight is 265 g/mol. The van der Waals surface area contributed by atoms with Gasteiger partial charge in [-0.1, -0.05) is 42.5 Å². The fourth-order valence-corrected chi connectivity index (χ4v) is 2.52. The molecule has 0 aliphatic carbocycles. The molecule has 0 bridgehead atoms. The van der Waals surface area contributed by atoms with E-state index < -0.39 is 5.97 Å². The van der Waals surface area contributed by atoms with Crippen molar-refractivity contribution >= 4 is 16.9 Å². The van der Waals surface area contributed by atoms with Crippen LogP contribution in [0.5, 0.6) is 0 Å². The molecule has 0 amide bonds. The number of hydrogen-bond acceptors (Lipinski definition) is 1. The standard InChI is InChI=1S/C17H15NO2/c1-12-6-2-3-8-14(12)11-18-15-9-5-4-7-13(15)10-16(18)17(19)20/h2-10H,11H2,1H3,(H,19,20). The van der Waals surface area contributed by atoms with Crippen LogP contribution < -0.4 is 0 Å². The van der Waals surface area contributed by atoms with Crippen LogP contribution in [0.25, 0.3) is 10.9 Å². The van der Waals surface area contributed by atoms with E-state index in [0.29, 0.717) is 12.2 Å². The van der Waals surface area contributed by atoms with Crippen molar-refractivity contribution < 1.29 is 9.90 Å². The lowest BCUT2D eigenvalue weighted by molar-refractivity contribution is 0.0686. The Hall–Kier alpha value is -2.55. The normalized spacial score (nSPS) is 10.8. The number of rotatable bonds is 3. The quantitative estimate of drug-likeness (QED) is 0.784. The average Bonchev–Trinajstić information content (AvgIpc) is 2.81. The summed E-state index contributed by atoms with van der Waals surface area (Å²) in [5, 5.41) is 10.4. The van der Waals surface area contributed by atoms with Gasteiger partial charge in [-0.05, 0) is 30.2 Å². The molecular weight excluding hydrogens is 250 g/mol. The molecule has 0 saturated heterocycles. The minimum absolute atomic E-state index is 0.328. The zero-order chi connectivity index (χ0) is 14.1. The number of carboxylic acid groups (broad SMARTS) is 1. The van der Waals surface area contributed by atoms with Gasteiger partial charge in [0.1, 0.15) is 5.69 Å². The lowest BCUT2D eigenvalue weighted by atomic mass is 10.1. The topological polar surface area (TPSA) is 42.2 Å². The minimum Gasteiger partial charge on any atom is -0.477 e. The number of benzene rings is 2. The Morgan fingerprint density at radius 2 is 1.80 bits per heavy atom. The van der Waals surface area contributed by atoms with Gasteiger partial charge in [0.15, 0.2) is 0 Å². The predicted octanol–water partition coefficient (Wildman–Crippen LogP) is 3.70. The van der Waals surface area contributed by atoms with E-state index in [2.05, 4.69) is 0 Å². The number of aromatic carboxylic acids is 1. The number of aryl methyl sites for hydroxylation is 1. The SMILES string of the molecule is Cc1ccccc1Cn1c(C(=O)O)cc2ccccc21. The Bertz CT molecular complexity index is 787. The number of para-hydroxylation sites is 1. The molecule has 3 rings (SSSR count). The molecule has 0 spiro atoms. The van der Waals surface area contributed by atoms with Gasteiger partial charge in [0.05, 0.1) is 0 Å². The fourth-order valence-electron chi connectivity index (χ4n) is 2.52. The van der Waals surface area contributed by atoms with Crippen LogP contribution in [0.4, 0.5) is 0 Å². The highest BCUT2D eigenvalue weighted by molar-refractivity contribution is 5.94. The lowest BCUT2D eigenvalue weighted by Gasteiger charge is -2.10. The third-order valence-corrected chi connectivity index (χ3v) is 3.62. The highest BCUT2D eigenvalue weighted by atomic mass is 16.4. The van der Waals surface area contributed by atoms with Crippen LogP contribution in [0.15, 0.2) is 54.6 Å². The van der Waals surface area contributed by atoms with E-state index >= 15 is 0 Å². The Labute approximate surface area is 117 Å². The summed E-state index contributed by atoms with van der Waals surface area (Å²) in [6, 6.07) is 17.5. The number of hydrogen-bond donors (Lipinski definition) is 1. The van der Waals surface area contributed by atoms with Crippen LogP contribution in [0.2, 0.25) is 0 Å². The van der Waals surface area contributed by atoms with Crippen LogP contribution in [-0.4, -0.2) is 15.6 Å². The van der Waals surface area contributed by atoms with E-state index in [9.17, 15) is 9.90 Å². The zero-order valence-electron chi connectivity index (χ0n) is 11.2. The first kappa shape index (κ1) is 12.5. The van der Waals surface area contributed by atoms with Gasteiger partial charge in [-0.25, -0.2) is 4.79 Å². The summed E-state index contributed by atoms with van der Waals surface area (Å²) < 4.78 is 1.86. The summed E-state index contributed by atoms with van der Waals surface area (Å²) in [4.78, 5) is 11.4. The Morgan fingerprint density at radius 3 is 2.55 bits per heavy atom. The number of carboxylic acids is 1. The molecule has 1 heterocycles. The van der Waals surface area contributed by atoms with Crippen LogP contribution in [0, 0.1) is 6.92 Å². The Morgan fingerprint density at radius 1 is 1.10 bits per heavy atom. The number of fused-ring (bicyclic) bond motifs is 1. The molecule has 0 atom stereocenters. The van der Waals surface area contributed by atoms with Crippen molar-refractivity contribution in [3.05, 3.63) is 71.4 Å². The van der Waals surface area contributed by atoms with Crippen LogP contribution in [0.1, 0.15) is 21.6 Å². The molecule has 100 valence electrons. The second kappa shape index (κ2) is 4.85.